The van der Waals surface area contributed by atoms with Gasteiger partial charge in [0.2, 0.25) is 0 Å². The van der Waals surface area contributed by atoms with Crippen LogP contribution >= 0.6 is 31.9 Å². The fourth-order valence-corrected chi connectivity index (χ4v) is 5.56. The molecule has 1 fully saturated rings. The Balaban J connectivity index is 2.30. The lowest BCUT2D eigenvalue weighted by Crippen LogP contribution is -2.24. The fraction of sp³-hybridized carbons (Fsp3) is 0.647. The molecule has 1 saturated carbocycles. The Hall–Kier alpha value is -0.0200. The second kappa shape index (κ2) is 6.83. The first-order chi connectivity index (χ1) is 9.48. The van der Waals surface area contributed by atoms with Gasteiger partial charge in [0.15, 0.2) is 0 Å². The predicted octanol–water partition coefficient (Wildman–Crippen LogP) is 6.50. The third kappa shape index (κ3) is 3.41. The maximum atomic E-state index is 5.30. The van der Waals surface area contributed by atoms with E-state index in [1.807, 2.05) is 0 Å². The summed E-state index contributed by atoms with van der Waals surface area (Å²) in [7, 11) is 1.71. The molecule has 1 aromatic rings. The van der Waals surface area contributed by atoms with Crippen molar-refractivity contribution in [3.63, 3.8) is 0 Å². The largest absolute Gasteiger partial charge is 0.497 e. The Kier molecular flexibility index (Phi) is 5.58. The third-order valence-corrected chi connectivity index (χ3v) is 6.58. The molecule has 1 aliphatic rings. The lowest BCUT2D eigenvalue weighted by Gasteiger charge is -2.36. The van der Waals surface area contributed by atoms with E-state index < -0.39 is 0 Å². The molecule has 2 rings (SSSR count). The topological polar surface area (TPSA) is 9.23 Å². The summed E-state index contributed by atoms with van der Waals surface area (Å²) in [6, 6.07) is 6.33. The van der Waals surface area contributed by atoms with Crippen molar-refractivity contribution in [2.75, 3.05) is 7.11 Å². The highest BCUT2D eigenvalue weighted by atomic mass is 79.9. The zero-order chi connectivity index (χ0) is 14.8. The second-order valence-corrected chi connectivity index (χ2v) is 8.19. The summed E-state index contributed by atoms with van der Waals surface area (Å²) in [5, 5.41) is 0. The van der Waals surface area contributed by atoms with Gasteiger partial charge in [0.1, 0.15) is 5.75 Å². The number of benzene rings is 1. The van der Waals surface area contributed by atoms with Crippen LogP contribution in [-0.4, -0.2) is 7.11 Å². The van der Waals surface area contributed by atoms with Gasteiger partial charge in [0, 0.05) is 9.30 Å². The van der Waals surface area contributed by atoms with Crippen molar-refractivity contribution in [2.24, 2.45) is 11.3 Å². The molecule has 0 aliphatic heterocycles. The van der Waals surface area contributed by atoms with Crippen LogP contribution in [0.4, 0.5) is 0 Å². The van der Waals surface area contributed by atoms with Crippen molar-refractivity contribution in [2.45, 2.75) is 50.8 Å². The normalized spacial score (nSPS) is 19.3. The quantitative estimate of drug-likeness (QED) is 0.509. The molecule has 0 bridgehead atoms. The van der Waals surface area contributed by atoms with Gasteiger partial charge >= 0.3 is 0 Å². The zero-order valence-corrected chi connectivity index (χ0v) is 15.8. The van der Waals surface area contributed by atoms with Gasteiger partial charge in [-0.25, -0.2) is 0 Å². The molecule has 0 N–H and O–H groups in total. The first-order valence-corrected chi connectivity index (χ1v) is 9.17. The molecule has 0 heterocycles. The minimum absolute atomic E-state index is 0.408. The fourth-order valence-electron chi connectivity index (χ4n) is 3.62. The van der Waals surface area contributed by atoms with E-state index in [-0.39, 0.29) is 0 Å². The lowest BCUT2D eigenvalue weighted by atomic mass is 9.74. The molecule has 3 heteroatoms. The van der Waals surface area contributed by atoms with Crippen molar-refractivity contribution in [3.8, 4) is 5.75 Å². The van der Waals surface area contributed by atoms with E-state index in [0.29, 0.717) is 10.2 Å². The average Bonchev–Trinajstić information content (AvgIpc) is 2.86. The summed E-state index contributed by atoms with van der Waals surface area (Å²) < 4.78 is 6.45. The molecule has 0 amide bonds. The minimum atomic E-state index is 0.408. The number of rotatable bonds is 5. The molecule has 20 heavy (non-hydrogen) atoms. The van der Waals surface area contributed by atoms with Gasteiger partial charge in [-0.05, 0) is 48.3 Å². The molecule has 1 unspecified atom stereocenters. The van der Waals surface area contributed by atoms with Gasteiger partial charge in [-0.15, -0.1) is 0 Å². The SMILES string of the molecule is COc1ccc(C(Br)C2(CC(C)C)CCCC2)c(Br)c1. The Morgan fingerprint density at radius 1 is 1.25 bits per heavy atom. The van der Waals surface area contributed by atoms with Gasteiger partial charge in [0.05, 0.1) is 7.11 Å². The first kappa shape index (κ1) is 16.4. The van der Waals surface area contributed by atoms with Crippen LogP contribution in [0.15, 0.2) is 22.7 Å². The maximum absolute atomic E-state index is 5.30. The van der Waals surface area contributed by atoms with Crippen LogP contribution in [0.3, 0.4) is 0 Å². The number of hydrogen-bond acceptors (Lipinski definition) is 1. The van der Waals surface area contributed by atoms with E-state index in [9.17, 15) is 0 Å². The van der Waals surface area contributed by atoms with Crippen molar-refractivity contribution >= 4 is 31.9 Å². The Labute approximate surface area is 139 Å². The molecule has 0 radical (unpaired) electrons. The molecular formula is C17H24Br2O. The van der Waals surface area contributed by atoms with Crippen LogP contribution in [0.1, 0.15) is 56.3 Å². The van der Waals surface area contributed by atoms with Crippen LogP contribution in [0.2, 0.25) is 0 Å². The third-order valence-electron chi connectivity index (χ3n) is 4.43. The van der Waals surface area contributed by atoms with Crippen LogP contribution in [0, 0.1) is 11.3 Å². The summed E-state index contributed by atoms with van der Waals surface area (Å²) >= 11 is 7.74. The minimum Gasteiger partial charge on any atom is -0.497 e. The monoisotopic (exact) mass is 402 g/mol. The summed E-state index contributed by atoms with van der Waals surface area (Å²) in [6.07, 6.45) is 6.69. The van der Waals surface area contributed by atoms with E-state index in [1.54, 1.807) is 7.11 Å². The Morgan fingerprint density at radius 2 is 1.90 bits per heavy atom. The first-order valence-electron chi connectivity index (χ1n) is 7.46. The highest BCUT2D eigenvalue weighted by Gasteiger charge is 2.41. The van der Waals surface area contributed by atoms with Crippen LogP contribution in [0.25, 0.3) is 0 Å². The highest BCUT2D eigenvalue weighted by molar-refractivity contribution is 9.11. The van der Waals surface area contributed by atoms with Crippen molar-refractivity contribution < 1.29 is 4.74 Å². The molecule has 0 spiro atoms. The molecule has 0 saturated heterocycles. The van der Waals surface area contributed by atoms with Crippen LogP contribution in [-0.2, 0) is 0 Å². The van der Waals surface area contributed by atoms with Gasteiger partial charge in [-0.1, -0.05) is 64.6 Å². The molecule has 112 valence electrons. The molecule has 0 aromatic heterocycles. The van der Waals surface area contributed by atoms with E-state index in [4.69, 9.17) is 4.74 Å². The summed E-state index contributed by atoms with van der Waals surface area (Å²) in [5.41, 5.74) is 1.76. The van der Waals surface area contributed by atoms with Crippen LogP contribution < -0.4 is 4.74 Å². The van der Waals surface area contributed by atoms with Gasteiger partial charge in [-0.3, -0.25) is 0 Å². The van der Waals surface area contributed by atoms with Crippen LogP contribution in [0.5, 0.6) is 5.75 Å². The van der Waals surface area contributed by atoms with Gasteiger partial charge in [0.25, 0.3) is 0 Å². The number of ether oxygens (including phenoxy) is 1. The highest BCUT2D eigenvalue weighted by Crippen LogP contribution is 2.56. The number of methoxy groups -OCH3 is 1. The molecule has 1 aliphatic carbocycles. The predicted molar refractivity (Wildman–Crippen MR) is 92.7 cm³/mol. The summed E-state index contributed by atoms with van der Waals surface area (Å²) in [4.78, 5) is 0.417. The second-order valence-electron chi connectivity index (χ2n) is 6.42. The van der Waals surface area contributed by atoms with E-state index in [1.165, 1.54) is 37.7 Å². The molecular weight excluding hydrogens is 380 g/mol. The standard InChI is InChI=1S/C17H24Br2O/c1-12(2)11-17(8-4-5-9-17)16(19)14-7-6-13(20-3)10-15(14)18/h6-7,10,12,16H,4-5,8-9,11H2,1-3H3. The van der Waals surface area contributed by atoms with E-state index in [2.05, 4.69) is 63.9 Å². The van der Waals surface area contributed by atoms with Gasteiger partial charge < -0.3 is 4.74 Å². The molecule has 1 nitrogen and oxygen atoms in total. The maximum Gasteiger partial charge on any atom is 0.120 e. The average molecular weight is 404 g/mol. The Morgan fingerprint density at radius 3 is 2.40 bits per heavy atom. The molecule has 1 atom stereocenters. The van der Waals surface area contributed by atoms with E-state index >= 15 is 0 Å². The number of alkyl halides is 1. The summed E-state index contributed by atoms with van der Waals surface area (Å²) in [6.45, 7) is 4.67. The molecule has 1 aromatic carbocycles. The Bertz CT molecular complexity index is 450. The van der Waals surface area contributed by atoms with Crippen molar-refractivity contribution in [1.82, 2.24) is 0 Å². The van der Waals surface area contributed by atoms with Gasteiger partial charge in [-0.2, -0.15) is 0 Å². The zero-order valence-electron chi connectivity index (χ0n) is 12.6. The van der Waals surface area contributed by atoms with Crippen molar-refractivity contribution in [1.29, 1.82) is 0 Å². The number of hydrogen-bond donors (Lipinski definition) is 0. The number of halogens is 2. The smallest absolute Gasteiger partial charge is 0.120 e. The summed E-state index contributed by atoms with van der Waals surface area (Å²) in [5.74, 6) is 1.65. The lowest BCUT2D eigenvalue weighted by molar-refractivity contribution is 0.229. The van der Waals surface area contributed by atoms with E-state index in [0.717, 1.165) is 16.1 Å². The van der Waals surface area contributed by atoms with Crippen molar-refractivity contribution in [3.05, 3.63) is 28.2 Å².